The quantitative estimate of drug-likeness (QED) is 0.136. The van der Waals surface area contributed by atoms with Gasteiger partial charge in [0.15, 0.2) is 17.4 Å². The summed E-state index contributed by atoms with van der Waals surface area (Å²) in [7, 11) is 1.66. The molecular weight excluding hydrogens is 646 g/mol. The van der Waals surface area contributed by atoms with Crippen LogP contribution < -0.4 is 20.5 Å². The number of hydrogen-bond acceptors (Lipinski definition) is 13. The molecule has 2 aromatic heterocycles. The highest BCUT2D eigenvalue weighted by Gasteiger charge is 2.22. The Balaban J connectivity index is 1.20. The lowest BCUT2D eigenvalue weighted by Gasteiger charge is -2.32. The summed E-state index contributed by atoms with van der Waals surface area (Å²) in [5, 5.41) is 4.39. The molecule has 1 aliphatic rings. The molecule has 0 saturated carbocycles. The average Bonchev–Trinajstić information content (AvgIpc) is 3.09. The third-order valence-corrected chi connectivity index (χ3v) is 7.82. The molecule has 262 valence electrons. The molecule has 0 unspecified atom stereocenters. The molecule has 14 nitrogen and oxygen atoms in total. The monoisotopic (exact) mass is 689 g/mol. The number of piperidine rings is 1. The van der Waals surface area contributed by atoms with Gasteiger partial charge in [0.25, 0.3) is 5.56 Å². The minimum Gasteiger partial charge on any atom is -0.480 e. The number of Topliss-reactive ketones (excluding diaryl/α,β-unsaturated/α-hetero) is 1. The topological polar surface area (TPSA) is 153 Å². The van der Waals surface area contributed by atoms with Gasteiger partial charge in [-0.3, -0.25) is 9.59 Å². The lowest BCUT2D eigenvalue weighted by atomic mass is 10.1. The molecule has 1 fully saturated rings. The number of carbonyl (C=O) groups is 2. The Bertz CT molecular complexity index is 1560. The molecule has 1 N–H and O–H groups in total. The molecule has 1 saturated heterocycles. The Morgan fingerprint density at radius 1 is 0.979 bits per heavy atom. The Kier molecular flexibility index (Phi) is 14.8. The van der Waals surface area contributed by atoms with Gasteiger partial charge in [-0.25, -0.2) is 9.78 Å². The van der Waals surface area contributed by atoms with Crippen LogP contribution in [0.3, 0.4) is 0 Å². The summed E-state index contributed by atoms with van der Waals surface area (Å²) in [4.78, 5) is 46.9. The van der Waals surface area contributed by atoms with E-state index in [0.717, 1.165) is 31.3 Å². The zero-order valence-electron chi connectivity index (χ0n) is 27.7. The standard InChI is InChI=1S/C33H44ClN5O9/c1-4-25(40)21-48-29-19-23-18-24(6-7-28(23)38(3)32(29)42)36-31-27(34)20-35-33(37-31)39-10-8-26(9-11-39)47-17-16-44-13-12-43-14-15-45-22-30(41)46-5-2/h6-7,18-20,26H,4-5,8-17,21-22H2,1-3H3,(H,35,36,37). The number of nitrogens with one attached hydrogen (secondary N) is 1. The smallest absolute Gasteiger partial charge is 0.332 e. The lowest BCUT2D eigenvalue weighted by molar-refractivity contribution is -0.149. The first-order chi connectivity index (χ1) is 23.3. The summed E-state index contributed by atoms with van der Waals surface area (Å²) < 4.78 is 34.0. The first-order valence-corrected chi connectivity index (χ1v) is 16.5. The van der Waals surface area contributed by atoms with E-state index in [1.807, 2.05) is 18.2 Å². The number of hydrogen-bond donors (Lipinski definition) is 1. The number of fused-ring (bicyclic) bond motifs is 1. The highest BCUT2D eigenvalue weighted by molar-refractivity contribution is 6.32. The third-order valence-electron chi connectivity index (χ3n) is 7.54. The Labute approximate surface area is 284 Å². The highest BCUT2D eigenvalue weighted by atomic mass is 35.5. The molecule has 1 aromatic carbocycles. The largest absolute Gasteiger partial charge is 0.480 e. The molecule has 0 bridgehead atoms. The number of halogens is 1. The van der Waals surface area contributed by atoms with Gasteiger partial charge in [0, 0.05) is 37.6 Å². The number of benzene rings is 1. The average molecular weight is 690 g/mol. The van der Waals surface area contributed by atoms with E-state index in [2.05, 4.69) is 15.2 Å². The number of ketones is 1. The normalized spacial score (nSPS) is 13.5. The maximum absolute atomic E-state index is 12.7. The van der Waals surface area contributed by atoms with Crippen molar-refractivity contribution in [2.75, 3.05) is 82.8 Å². The zero-order valence-corrected chi connectivity index (χ0v) is 28.5. The number of aryl methyl sites for hydroxylation is 1. The van der Waals surface area contributed by atoms with E-state index in [-0.39, 0.29) is 42.4 Å². The molecule has 4 rings (SSSR count). The molecule has 48 heavy (non-hydrogen) atoms. The molecule has 3 heterocycles. The Morgan fingerprint density at radius 2 is 1.69 bits per heavy atom. The fourth-order valence-electron chi connectivity index (χ4n) is 4.92. The molecule has 0 atom stereocenters. The van der Waals surface area contributed by atoms with Crippen molar-refractivity contribution in [2.45, 2.75) is 39.2 Å². The predicted octanol–water partition coefficient (Wildman–Crippen LogP) is 3.68. The number of rotatable bonds is 20. The van der Waals surface area contributed by atoms with Crippen LogP contribution in [0.2, 0.25) is 5.02 Å². The number of ether oxygens (including phenoxy) is 6. The van der Waals surface area contributed by atoms with Crippen molar-refractivity contribution in [3.05, 3.63) is 45.8 Å². The van der Waals surface area contributed by atoms with Gasteiger partial charge >= 0.3 is 5.97 Å². The minimum absolute atomic E-state index is 0.0734. The van der Waals surface area contributed by atoms with Crippen LogP contribution in [0.25, 0.3) is 10.9 Å². The second kappa shape index (κ2) is 19.2. The van der Waals surface area contributed by atoms with E-state index < -0.39 is 0 Å². The van der Waals surface area contributed by atoms with Gasteiger partial charge in [-0.1, -0.05) is 18.5 Å². The molecule has 3 aromatic rings. The fourth-order valence-corrected chi connectivity index (χ4v) is 5.06. The van der Waals surface area contributed by atoms with E-state index in [0.29, 0.717) is 80.7 Å². The molecule has 1 aliphatic heterocycles. The maximum Gasteiger partial charge on any atom is 0.332 e. The summed E-state index contributed by atoms with van der Waals surface area (Å²) in [6.07, 6.45) is 3.67. The van der Waals surface area contributed by atoms with Crippen molar-refractivity contribution in [2.24, 2.45) is 7.05 Å². The van der Waals surface area contributed by atoms with Crippen LogP contribution in [0.15, 0.2) is 35.3 Å². The van der Waals surface area contributed by atoms with E-state index in [1.54, 1.807) is 33.2 Å². The Morgan fingerprint density at radius 3 is 2.40 bits per heavy atom. The third kappa shape index (κ3) is 11.1. The summed E-state index contributed by atoms with van der Waals surface area (Å²) in [5.41, 5.74) is 1.11. The van der Waals surface area contributed by atoms with Crippen molar-refractivity contribution in [3.8, 4) is 5.75 Å². The van der Waals surface area contributed by atoms with Crippen LogP contribution in [0.1, 0.15) is 33.1 Å². The number of nitrogens with zero attached hydrogens (tertiary/aromatic N) is 4. The van der Waals surface area contributed by atoms with Crippen LogP contribution in [0, 0.1) is 0 Å². The van der Waals surface area contributed by atoms with Crippen molar-refractivity contribution in [3.63, 3.8) is 0 Å². The molecule has 0 aliphatic carbocycles. The van der Waals surface area contributed by atoms with Crippen molar-refractivity contribution in [1.29, 1.82) is 0 Å². The van der Waals surface area contributed by atoms with Crippen LogP contribution in [0.5, 0.6) is 5.75 Å². The second-order valence-corrected chi connectivity index (χ2v) is 11.4. The molecule has 15 heteroatoms. The predicted molar refractivity (Wildman–Crippen MR) is 181 cm³/mol. The van der Waals surface area contributed by atoms with Crippen molar-refractivity contribution in [1.82, 2.24) is 14.5 Å². The zero-order chi connectivity index (χ0) is 34.3. The van der Waals surface area contributed by atoms with Gasteiger partial charge in [-0.05, 0) is 44.0 Å². The van der Waals surface area contributed by atoms with Gasteiger partial charge in [0.05, 0.1) is 64.1 Å². The number of pyridine rings is 1. The van der Waals surface area contributed by atoms with E-state index in [1.165, 1.54) is 4.57 Å². The highest BCUT2D eigenvalue weighted by Crippen LogP contribution is 2.28. The van der Waals surface area contributed by atoms with Crippen LogP contribution >= 0.6 is 11.6 Å². The first-order valence-electron chi connectivity index (χ1n) is 16.1. The minimum atomic E-state index is -0.382. The summed E-state index contributed by atoms with van der Waals surface area (Å²) >= 11 is 6.47. The van der Waals surface area contributed by atoms with E-state index in [9.17, 15) is 14.4 Å². The number of anilines is 3. The summed E-state index contributed by atoms with van der Waals surface area (Å²) in [6, 6.07) is 7.18. The van der Waals surface area contributed by atoms with Gasteiger partial charge in [-0.2, -0.15) is 4.98 Å². The van der Waals surface area contributed by atoms with Gasteiger partial charge in [0.2, 0.25) is 5.95 Å². The van der Waals surface area contributed by atoms with Crippen LogP contribution in [-0.2, 0) is 40.3 Å². The van der Waals surface area contributed by atoms with E-state index >= 15 is 0 Å². The fraction of sp³-hybridized carbons (Fsp3) is 0.545. The number of esters is 1. The van der Waals surface area contributed by atoms with Crippen LogP contribution in [-0.4, -0.2) is 105 Å². The maximum atomic E-state index is 12.7. The first kappa shape index (κ1) is 37.0. The SMILES string of the molecule is CCOC(=O)COCCOCCOCCOC1CCN(c2ncc(Cl)c(Nc3ccc4c(c3)cc(OCC(=O)CC)c(=O)n4C)n2)CC1. The summed E-state index contributed by atoms with van der Waals surface area (Å²) in [5.74, 6) is 0.667. The molecule has 0 radical (unpaired) electrons. The lowest BCUT2D eigenvalue weighted by Crippen LogP contribution is -2.38. The number of aromatic nitrogens is 3. The Hall–Kier alpha value is -3.82. The molecular formula is C33H44ClN5O9. The molecule has 0 spiro atoms. The second-order valence-electron chi connectivity index (χ2n) is 11.0. The van der Waals surface area contributed by atoms with Crippen molar-refractivity contribution >= 4 is 51.7 Å². The van der Waals surface area contributed by atoms with Gasteiger partial charge in [-0.15, -0.1) is 0 Å². The van der Waals surface area contributed by atoms with E-state index in [4.69, 9.17) is 45.0 Å². The summed E-state index contributed by atoms with van der Waals surface area (Å²) in [6.45, 7) is 7.59. The molecule has 0 amide bonds. The van der Waals surface area contributed by atoms with Crippen molar-refractivity contribution < 1.29 is 38.0 Å². The number of carbonyl (C=O) groups excluding carboxylic acids is 2. The van der Waals surface area contributed by atoms with Crippen LogP contribution in [0.4, 0.5) is 17.5 Å². The van der Waals surface area contributed by atoms with Gasteiger partial charge < -0.3 is 43.2 Å². The van der Waals surface area contributed by atoms with Gasteiger partial charge in [0.1, 0.15) is 18.2 Å².